The SMILES string of the molecule is CCCCCCCC(C)(C)C1=CC=C([C@H]2CCC[C@@H](O)C2)CC(O)=C1. The van der Waals surface area contributed by atoms with Crippen molar-refractivity contribution in [1.29, 1.82) is 0 Å². The first-order chi connectivity index (χ1) is 11.9. The smallest absolute Gasteiger partial charge is 0.0966 e. The highest BCUT2D eigenvalue weighted by Gasteiger charge is 2.26. The molecule has 1 fully saturated rings. The van der Waals surface area contributed by atoms with Gasteiger partial charge in [0, 0.05) is 6.42 Å². The molecule has 0 heterocycles. The highest BCUT2D eigenvalue weighted by molar-refractivity contribution is 5.37. The minimum absolute atomic E-state index is 0.0955. The summed E-state index contributed by atoms with van der Waals surface area (Å²) >= 11 is 0. The first kappa shape index (κ1) is 20.3. The van der Waals surface area contributed by atoms with E-state index >= 15 is 0 Å². The molecule has 142 valence electrons. The van der Waals surface area contributed by atoms with Crippen molar-refractivity contribution < 1.29 is 10.2 Å². The molecule has 2 rings (SSSR count). The van der Waals surface area contributed by atoms with Crippen molar-refractivity contribution in [3.05, 3.63) is 35.1 Å². The predicted molar refractivity (Wildman–Crippen MR) is 107 cm³/mol. The molecule has 0 saturated heterocycles. The van der Waals surface area contributed by atoms with E-state index in [1.165, 1.54) is 43.3 Å². The molecule has 0 radical (unpaired) electrons. The molecule has 1 saturated carbocycles. The molecule has 25 heavy (non-hydrogen) atoms. The number of aliphatic hydroxyl groups excluding tert-OH is 2. The highest BCUT2D eigenvalue weighted by Crippen LogP contribution is 2.38. The van der Waals surface area contributed by atoms with E-state index in [1.807, 2.05) is 6.08 Å². The number of unbranched alkanes of at least 4 members (excludes halogenated alkanes) is 4. The van der Waals surface area contributed by atoms with E-state index in [-0.39, 0.29) is 11.5 Å². The molecule has 2 aliphatic carbocycles. The molecule has 0 aromatic rings. The number of allylic oxidation sites excluding steroid dienone is 5. The van der Waals surface area contributed by atoms with Crippen LogP contribution in [0.4, 0.5) is 0 Å². The van der Waals surface area contributed by atoms with Gasteiger partial charge in [-0.15, -0.1) is 0 Å². The fourth-order valence-corrected chi connectivity index (χ4v) is 4.26. The Hall–Kier alpha value is -1.02. The van der Waals surface area contributed by atoms with Gasteiger partial charge in [0.1, 0.15) is 0 Å². The third-order valence-electron chi connectivity index (χ3n) is 6.04. The minimum atomic E-state index is -0.169. The Kier molecular flexibility index (Phi) is 7.81. The predicted octanol–water partition coefficient (Wildman–Crippen LogP) is 6.62. The molecule has 0 amide bonds. The first-order valence-corrected chi connectivity index (χ1v) is 10.4. The maximum absolute atomic E-state index is 10.4. The van der Waals surface area contributed by atoms with Crippen LogP contribution in [0.5, 0.6) is 0 Å². The van der Waals surface area contributed by atoms with Gasteiger partial charge >= 0.3 is 0 Å². The van der Waals surface area contributed by atoms with Crippen LogP contribution in [0.1, 0.15) is 91.4 Å². The van der Waals surface area contributed by atoms with Crippen LogP contribution in [0.2, 0.25) is 0 Å². The van der Waals surface area contributed by atoms with Gasteiger partial charge in [0.25, 0.3) is 0 Å². The van der Waals surface area contributed by atoms with Crippen molar-refractivity contribution in [1.82, 2.24) is 0 Å². The lowest BCUT2D eigenvalue weighted by Gasteiger charge is -2.27. The van der Waals surface area contributed by atoms with Gasteiger partial charge in [0.2, 0.25) is 0 Å². The molecular formula is C23H38O2. The van der Waals surface area contributed by atoms with Crippen LogP contribution in [0.3, 0.4) is 0 Å². The van der Waals surface area contributed by atoms with E-state index in [4.69, 9.17) is 0 Å². The van der Waals surface area contributed by atoms with Gasteiger partial charge in [-0.1, -0.05) is 77.0 Å². The number of hydrogen-bond donors (Lipinski definition) is 2. The second-order valence-corrected chi connectivity index (χ2v) is 8.74. The van der Waals surface area contributed by atoms with Crippen molar-refractivity contribution in [3.8, 4) is 0 Å². The Balaban J connectivity index is 2.02. The molecule has 2 heteroatoms. The zero-order valence-electron chi connectivity index (χ0n) is 16.6. The third-order valence-corrected chi connectivity index (χ3v) is 6.04. The summed E-state index contributed by atoms with van der Waals surface area (Å²) in [7, 11) is 0. The van der Waals surface area contributed by atoms with Crippen LogP contribution >= 0.6 is 0 Å². The van der Waals surface area contributed by atoms with Crippen molar-refractivity contribution in [2.45, 2.75) is 97.5 Å². The van der Waals surface area contributed by atoms with Gasteiger partial charge in [0.05, 0.1) is 11.9 Å². The molecule has 2 nitrogen and oxygen atoms in total. The van der Waals surface area contributed by atoms with Crippen molar-refractivity contribution >= 4 is 0 Å². The molecule has 0 aliphatic heterocycles. The maximum Gasteiger partial charge on any atom is 0.0966 e. The molecule has 2 aliphatic rings. The van der Waals surface area contributed by atoms with E-state index < -0.39 is 0 Å². The molecule has 0 bridgehead atoms. The Bertz CT molecular complexity index is 510. The van der Waals surface area contributed by atoms with Crippen molar-refractivity contribution in [3.63, 3.8) is 0 Å². The van der Waals surface area contributed by atoms with Crippen LogP contribution in [-0.2, 0) is 0 Å². The van der Waals surface area contributed by atoms with Crippen LogP contribution in [0.25, 0.3) is 0 Å². The van der Waals surface area contributed by atoms with Crippen LogP contribution < -0.4 is 0 Å². The van der Waals surface area contributed by atoms with Crippen molar-refractivity contribution in [2.75, 3.05) is 0 Å². The van der Waals surface area contributed by atoms with E-state index in [0.29, 0.717) is 18.1 Å². The Labute approximate surface area is 154 Å². The third kappa shape index (κ3) is 6.33. The molecule has 2 atom stereocenters. The van der Waals surface area contributed by atoms with Crippen LogP contribution in [0.15, 0.2) is 35.1 Å². The summed E-state index contributed by atoms with van der Waals surface area (Å²) in [6, 6.07) is 0. The van der Waals surface area contributed by atoms with Gasteiger partial charge < -0.3 is 10.2 Å². The fourth-order valence-electron chi connectivity index (χ4n) is 4.26. The number of hydrogen-bond acceptors (Lipinski definition) is 2. The Morgan fingerprint density at radius 3 is 2.56 bits per heavy atom. The Morgan fingerprint density at radius 1 is 1.08 bits per heavy atom. The van der Waals surface area contributed by atoms with Gasteiger partial charge in [0.15, 0.2) is 0 Å². The van der Waals surface area contributed by atoms with Crippen molar-refractivity contribution in [2.24, 2.45) is 11.3 Å². The van der Waals surface area contributed by atoms with Crippen LogP contribution in [-0.4, -0.2) is 16.3 Å². The minimum Gasteiger partial charge on any atom is -0.512 e. The summed E-state index contributed by atoms with van der Waals surface area (Å²) < 4.78 is 0. The second kappa shape index (κ2) is 9.62. The zero-order valence-corrected chi connectivity index (χ0v) is 16.6. The summed E-state index contributed by atoms with van der Waals surface area (Å²) in [5, 5.41) is 20.4. The number of rotatable bonds is 8. The quantitative estimate of drug-likeness (QED) is 0.485. The monoisotopic (exact) mass is 346 g/mol. The van der Waals surface area contributed by atoms with E-state index in [1.54, 1.807) is 0 Å². The highest BCUT2D eigenvalue weighted by atomic mass is 16.3. The summed E-state index contributed by atoms with van der Waals surface area (Å²) in [6.45, 7) is 6.85. The average molecular weight is 347 g/mol. The molecule has 0 unspecified atom stereocenters. The molecular weight excluding hydrogens is 308 g/mol. The van der Waals surface area contributed by atoms with Gasteiger partial charge in [-0.3, -0.25) is 0 Å². The summed E-state index contributed by atoms with van der Waals surface area (Å²) in [4.78, 5) is 0. The van der Waals surface area contributed by atoms with E-state index in [2.05, 4.69) is 32.9 Å². The van der Waals surface area contributed by atoms with Crippen LogP contribution in [0, 0.1) is 11.3 Å². The number of aliphatic hydroxyl groups is 2. The lowest BCUT2D eigenvalue weighted by molar-refractivity contribution is 0.109. The average Bonchev–Trinajstić information content (AvgIpc) is 2.77. The summed E-state index contributed by atoms with van der Waals surface area (Å²) in [5.74, 6) is 0.904. The lowest BCUT2D eigenvalue weighted by Crippen LogP contribution is -2.21. The largest absolute Gasteiger partial charge is 0.512 e. The Morgan fingerprint density at radius 2 is 1.84 bits per heavy atom. The first-order valence-electron chi connectivity index (χ1n) is 10.4. The van der Waals surface area contributed by atoms with Gasteiger partial charge in [-0.2, -0.15) is 0 Å². The molecule has 2 N–H and O–H groups in total. The lowest BCUT2D eigenvalue weighted by atomic mass is 9.79. The molecule has 0 aromatic heterocycles. The van der Waals surface area contributed by atoms with Gasteiger partial charge in [-0.05, 0) is 48.7 Å². The van der Waals surface area contributed by atoms with E-state index in [9.17, 15) is 10.2 Å². The normalized spacial score (nSPS) is 25.0. The summed E-state index contributed by atoms with van der Waals surface area (Å²) in [6.07, 6.45) is 18.6. The van der Waals surface area contributed by atoms with Gasteiger partial charge in [-0.25, -0.2) is 0 Å². The standard InChI is InChI=1S/C23H38O2/c1-4-5-6-7-8-14-23(2,3)20-13-12-19(16-22(25)17-20)18-10-9-11-21(24)15-18/h12-13,17-18,21,24-25H,4-11,14-16H2,1-3H3/t18-,21+/m0/s1. The second-order valence-electron chi connectivity index (χ2n) is 8.74. The summed E-state index contributed by atoms with van der Waals surface area (Å²) in [5.41, 5.74) is 2.63. The zero-order chi connectivity index (χ0) is 18.3. The fraction of sp³-hybridized carbons (Fsp3) is 0.739. The molecule has 0 spiro atoms. The molecule has 0 aromatic carbocycles. The van der Waals surface area contributed by atoms with E-state index in [0.717, 1.165) is 32.1 Å². The maximum atomic E-state index is 10.4. The topological polar surface area (TPSA) is 40.5 Å².